The van der Waals surface area contributed by atoms with E-state index in [1.54, 1.807) is 22.7 Å². The molecule has 0 aromatic carbocycles. The second-order valence-corrected chi connectivity index (χ2v) is 9.61. The van der Waals surface area contributed by atoms with Gasteiger partial charge in [-0.2, -0.15) is 11.3 Å². The van der Waals surface area contributed by atoms with Crippen LogP contribution in [0.25, 0.3) is 0 Å². The predicted octanol–water partition coefficient (Wildman–Crippen LogP) is 3.88. The Morgan fingerprint density at radius 2 is 2.21 bits per heavy atom. The largest absolute Gasteiger partial charge is 0.351 e. The van der Waals surface area contributed by atoms with Crippen LogP contribution >= 0.6 is 22.7 Å². The molecule has 7 heteroatoms. The minimum atomic E-state index is -0.408. The Labute approximate surface area is 178 Å². The maximum absolute atomic E-state index is 13.6. The number of nitrogens with one attached hydrogen (secondary N) is 1. The molecule has 29 heavy (non-hydrogen) atoms. The summed E-state index contributed by atoms with van der Waals surface area (Å²) in [6.07, 6.45) is 7.62. The Balaban J connectivity index is 1.40. The number of thiazole rings is 1. The number of pyridine rings is 1. The lowest BCUT2D eigenvalue weighted by atomic mass is 9.70. The molecule has 5 heterocycles. The van der Waals surface area contributed by atoms with E-state index >= 15 is 0 Å². The van der Waals surface area contributed by atoms with E-state index < -0.39 is 5.41 Å². The van der Waals surface area contributed by atoms with Crippen molar-refractivity contribution >= 4 is 28.6 Å². The van der Waals surface area contributed by atoms with Gasteiger partial charge in [-0.3, -0.25) is 14.7 Å². The van der Waals surface area contributed by atoms with Crippen molar-refractivity contribution in [1.29, 1.82) is 0 Å². The smallest absolute Gasteiger partial charge is 0.228 e. The first-order chi connectivity index (χ1) is 14.2. The first-order valence-electron chi connectivity index (χ1n) is 10.1. The summed E-state index contributed by atoms with van der Waals surface area (Å²) >= 11 is 3.27. The topological polar surface area (TPSA) is 58.1 Å². The number of hydrogen-bond acceptors (Lipinski definition) is 6. The molecule has 5 nitrogen and oxygen atoms in total. The Bertz CT molecular complexity index is 945. The molecule has 150 valence electrons. The minimum Gasteiger partial charge on any atom is -0.351 e. The average molecular weight is 425 g/mol. The number of amides is 1. The van der Waals surface area contributed by atoms with Gasteiger partial charge < -0.3 is 5.32 Å². The molecule has 2 aliphatic rings. The lowest BCUT2D eigenvalue weighted by Crippen LogP contribution is -2.50. The van der Waals surface area contributed by atoms with Gasteiger partial charge in [0.15, 0.2) is 0 Å². The van der Waals surface area contributed by atoms with Crippen molar-refractivity contribution in [2.45, 2.75) is 50.9 Å². The van der Waals surface area contributed by atoms with Crippen LogP contribution in [0.1, 0.15) is 36.1 Å². The number of thiophene rings is 1. The van der Waals surface area contributed by atoms with E-state index in [2.05, 4.69) is 48.5 Å². The third-order valence-corrected chi connectivity index (χ3v) is 7.80. The molecule has 3 aromatic rings. The highest BCUT2D eigenvalue weighted by molar-refractivity contribution is 7.08. The molecule has 3 aromatic heterocycles. The summed E-state index contributed by atoms with van der Waals surface area (Å²) in [5, 5.41) is 9.50. The average Bonchev–Trinajstić information content (AvgIpc) is 3.53. The lowest BCUT2D eigenvalue weighted by molar-refractivity contribution is -0.133. The van der Waals surface area contributed by atoms with Crippen molar-refractivity contribution in [2.75, 3.05) is 0 Å². The number of fused-ring (bicyclic) bond motifs is 2. The van der Waals surface area contributed by atoms with Crippen LogP contribution < -0.4 is 5.32 Å². The van der Waals surface area contributed by atoms with Crippen LogP contribution in [-0.2, 0) is 24.3 Å². The normalized spacial score (nSPS) is 26.1. The Morgan fingerprint density at radius 1 is 1.24 bits per heavy atom. The minimum absolute atomic E-state index is 0.181. The van der Waals surface area contributed by atoms with E-state index in [0.29, 0.717) is 12.6 Å². The fourth-order valence-electron chi connectivity index (χ4n) is 5.16. The third kappa shape index (κ3) is 3.63. The van der Waals surface area contributed by atoms with Gasteiger partial charge in [-0.1, -0.05) is 6.07 Å². The molecule has 0 unspecified atom stereocenters. The van der Waals surface area contributed by atoms with Crippen LogP contribution in [0.3, 0.4) is 0 Å². The summed E-state index contributed by atoms with van der Waals surface area (Å²) in [6, 6.07) is 6.89. The Kier molecular flexibility index (Phi) is 5.20. The number of hydrogen-bond donors (Lipinski definition) is 1. The van der Waals surface area contributed by atoms with Crippen molar-refractivity contribution in [3.8, 4) is 0 Å². The molecule has 2 bridgehead atoms. The van der Waals surface area contributed by atoms with Gasteiger partial charge in [0.05, 0.1) is 16.6 Å². The molecular formula is C22H24N4OS2. The van der Waals surface area contributed by atoms with Crippen molar-refractivity contribution in [2.24, 2.45) is 5.41 Å². The van der Waals surface area contributed by atoms with Crippen molar-refractivity contribution in [1.82, 2.24) is 20.2 Å². The molecule has 2 aliphatic heterocycles. The third-order valence-electron chi connectivity index (χ3n) is 6.43. The van der Waals surface area contributed by atoms with Gasteiger partial charge in [0.25, 0.3) is 0 Å². The molecule has 0 saturated carbocycles. The summed E-state index contributed by atoms with van der Waals surface area (Å²) in [6.45, 7) is 1.46. The number of aromatic nitrogens is 2. The highest BCUT2D eigenvalue weighted by Gasteiger charge is 2.59. The number of nitrogens with zero attached hydrogens (tertiary/aromatic N) is 3. The molecule has 2 fully saturated rings. The molecule has 1 amide bonds. The first-order valence-corrected chi connectivity index (χ1v) is 11.9. The molecule has 1 N–H and O–H groups in total. The van der Waals surface area contributed by atoms with Gasteiger partial charge in [0, 0.05) is 49.4 Å². The zero-order chi connectivity index (χ0) is 19.7. The Morgan fingerprint density at radius 3 is 2.97 bits per heavy atom. The second kappa shape index (κ2) is 7.97. The maximum atomic E-state index is 13.6. The van der Waals surface area contributed by atoms with E-state index in [-0.39, 0.29) is 11.9 Å². The summed E-state index contributed by atoms with van der Waals surface area (Å²) in [7, 11) is 0. The zero-order valence-corrected chi connectivity index (χ0v) is 17.8. The van der Waals surface area contributed by atoms with Crippen LogP contribution in [0.15, 0.2) is 52.2 Å². The molecule has 0 aliphatic carbocycles. The van der Waals surface area contributed by atoms with Crippen LogP contribution in [0, 0.1) is 5.41 Å². The summed E-state index contributed by atoms with van der Waals surface area (Å²) in [5.41, 5.74) is 4.88. The molecular weight excluding hydrogens is 400 g/mol. The van der Waals surface area contributed by atoms with E-state index in [0.717, 1.165) is 31.5 Å². The molecule has 2 saturated heterocycles. The zero-order valence-electron chi connectivity index (χ0n) is 16.2. The van der Waals surface area contributed by atoms with Gasteiger partial charge in [-0.05, 0) is 53.3 Å². The maximum Gasteiger partial charge on any atom is 0.228 e. The van der Waals surface area contributed by atoms with Crippen molar-refractivity contribution in [3.05, 3.63) is 69.1 Å². The van der Waals surface area contributed by atoms with E-state index in [1.807, 2.05) is 24.0 Å². The number of carbonyl (C=O) groups excluding carboxylic acids is 1. The van der Waals surface area contributed by atoms with Crippen molar-refractivity contribution < 1.29 is 4.79 Å². The fraction of sp³-hybridized carbons (Fsp3) is 0.409. The van der Waals surface area contributed by atoms with Gasteiger partial charge in [-0.25, -0.2) is 4.98 Å². The van der Waals surface area contributed by atoms with E-state index in [1.165, 1.54) is 17.5 Å². The summed E-state index contributed by atoms with van der Waals surface area (Å²) in [4.78, 5) is 24.9. The fourth-order valence-corrected chi connectivity index (χ4v) is 6.39. The molecule has 0 spiro atoms. The van der Waals surface area contributed by atoms with Crippen LogP contribution in [0.5, 0.6) is 0 Å². The summed E-state index contributed by atoms with van der Waals surface area (Å²) < 4.78 is 0. The second-order valence-electron chi connectivity index (χ2n) is 8.11. The highest BCUT2D eigenvalue weighted by Crippen LogP contribution is 2.52. The SMILES string of the molecule is O=C(NCc1ccsc1)[C@@]1(Cc2cscn2)C[C@H]2CC[C@@H]1N2Cc1cccnc1. The molecule has 0 radical (unpaired) electrons. The Hall–Kier alpha value is -2.09. The number of rotatable bonds is 7. The predicted molar refractivity (Wildman–Crippen MR) is 116 cm³/mol. The van der Waals surface area contributed by atoms with Crippen LogP contribution in [0.2, 0.25) is 0 Å². The van der Waals surface area contributed by atoms with Gasteiger partial charge in [0.2, 0.25) is 5.91 Å². The molecule has 3 atom stereocenters. The van der Waals surface area contributed by atoms with Crippen molar-refractivity contribution in [3.63, 3.8) is 0 Å². The van der Waals surface area contributed by atoms with Crippen LogP contribution in [-0.4, -0.2) is 32.9 Å². The van der Waals surface area contributed by atoms with Crippen LogP contribution in [0.4, 0.5) is 0 Å². The van der Waals surface area contributed by atoms with E-state index in [4.69, 9.17) is 0 Å². The van der Waals surface area contributed by atoms with Gasteiger partial charge >= 0.3 is 0 Å². The van der Waals surface area contributed by atoms with Gasteiger partial charge in [0.1, 0.15) is 0 Å². The first kappa shape index (κ1) is 18.9. The quantitative estimate of drug-likeness (QED) is 0.625. The van der Waals surface area contributed by atoms with E-state index in [9.17, 15) is 4.79 Å². The monoisotopic (exact) mass is 424 g/mol. The lowest BCUT2D eigenvalue weighted by Gasteiger charge is -2.36. The van der Waals surface area contributed by atoms with Gasteiger partial charge in [-0.15, -0.1) is 11.3 Å². The number of carbonyl (C=O) groups is 1. The molecule has 5 rings (SSSR count). The standard InChI is InChI=1S/C22H24N4OS2/c27-21(24-11-17-5-7-28-13-17)22(8-18-14-29-15-25-18)9-19-3-4-20(22)26(19)12-16-2-1-6-23-10-16/h1-2,5-7,10,13-15,19-20H,3-4,8-9,11-12H2,(H,24,27)/t19-,20+,22+/m1/s1. The highest BCUT2D eigenvalue weighted by atomic mass is 32.1. The summed E-state index contributed by atoms with van der Waals surface area (Å²) in [5.74, 6) is 0.181.